The molecular weight excluding hydrogens is 308 g/mol. The van der Waals surface area contributed by atoms with Gasteiger partial charge in [0, 0.05) is 23.8 Å². The molecule has 0 atom stereocenters. The lowest BCUT2D eigenvalue weighted by Gasteiger charge is -2.05. The van der Waals surface area contributed by atoms with Crippen LogP contribution in [0.2, 0.25) is 0 Å². The van der Waals surface area contributed by atoms with Gasteiger partial charge >= 0.3 is 0 Å². The Labute approximate surface area is 129 Å². The van der Waals surface area contributed by atoms with E-state index in [1.807, 2.05) is 19.1 Å². The van der Waals surface area contributed by atoms with E-state index in [1.165, 1.54) is 11.3 Å². The third kappa shape index (κ3) is 4.92. The van der Waals surface area contributed by atoms with Crippen LogP contribution in [0.5, 0.6) is 0 Å². The van der Waals surface area contributed by atoms with E-state index in [1.54, 1.807) is 23.1 Å². The summed E-state index contributed by atoms with van der Waals surface area (Å²) >= 11 is 1.33. The molecule has 2 aromatic rings. The number of likely N-dealkylation sites (N-methyl/N-ethyl adjacent to an activating group) is 1. The summed E-state index contributed by atoms with van der Waals surface area (Å²) in [7, 11) is -3.42. The molecule has 0 aliphatic carbocycles. The second kappa shape index (κ2) is 7.69. The van der Waals surface area contributed by atoms with Crippen molar-refractivity contribution in [2.24, 2.45) is 0 Å². The van der Waals surface area contributed by atoms with Crippen molar-refractivity contribution < 1.29 is 8.42 Å². The Hall–Kier alpha value is -1.22. The highest BCUT2D eigenvalue weighted by atomic mass is 32.2. The van der Waals surface area contributed by atoms with Crippen LogP contribution < -0.4 is 10.0 Å². The van der Waals surface area contributed by atoms with Crippen LogP contribution in [0.3, 0.4) is 0 Å². The zero-order chi connectivity index (χ0) is 15.1. The van der Waals surface area contributed by atoms with Crippen LogP contribution in [0.1, 0.15) is 11.8 Å². The molecule has 2 N–H and O–H groups in total. The molecule has 116 valence electrons. The lowest BCUT2D eigenvalue weighted by atomic mass is 10.3. The number of sulfonamides is 1. The van der Waals surface area contributed by atoms with Crippen molar-refractivity contribution in [2.45, 2.75) is 24.1 Å². The van der Waals surface area contributed by atoms with Crippen molar-refractivity contribution in [3.8, 4) is 0 Å². The van der Waals surface area contributed by atoms with Crippen LogP contribution in [-0.2, 0) is 23.0 Å². The molecule has 0 saturated heterocycles. The zero-order valence-electron chi connectivity index (χ0n) is 11.9. The van der Waals surface area contributed by atoms with Crippen molar-refractivity contribution in [2.75, 3.05) is 19.6 Å². The second-order valence-electron chi connectivity index (χ2n) is 4.49. The predicted octanol–water partition coefficient (Wildman–Crippen LogP) is 1.08. The summed E-state index contributed by atoms with van der Waals surface area (Å²) in [5.41, 5.74) is 0. The lowest BCUT2D eigenvalue weighted by molar-refractivity contribution is 0.562. The molecule has 0 bridgehead atoms. The van der Waals surface area contributed by atoms with Gasteiger partial charge in [-0.05, 0) is 37.7 Å². The summed E-state index contributed by atoms with van der Waals surface area (Å²) in [5, 5.41) is 7.26. The van der Waals surface area contributed by atoms with Gasteiger partial charge in [0.15, 0.2) is 0 Å². The summed E-state index contributed by atoms with van der Waals surface area (Å²) < 4.78 is 29.0. The number of hydrogen-bond acceptors (Lipinski definition) is 5. The fraction of sp³-hybridized carbons (Fsp3) is 0.462. The SMILES string of the molecule is CCNCCc1ccc(S(=O)(=O)NCCn2cccn2)s1. The molecule has 0 amide bonds. The summed E-state index contributed by atoms with van der Waals surface area (Å²) in [6, 6.07) is 5.36. The molecule has 0 spiro atoms. The van der Waals surface area contributed by atoms with E-state index < -0.39 is 10.0 Å². The summed E-state index contributed by atoms with van der Waals surface area (Å²) in [4.78, 5) is 1.07. The first-order valence-electron chi connectivity index (χ1n) is 6.88. The smallest absolute Gasteiger partial charge is 0.250 e. The summed E-state index contributed by atoms with van der Waals surface area (Å²) in [6.07, 6.45) is 4.32. The largest absolute Gasteiger partial charge is 0.317 e. The van der Waals surface area contributed by atoms with Gasteiger partial charge in [-0.3, -0.25) is 4.68 Å². The zero-order valence-corrected chi connectivity index (χ0v) is 13.6. The maximum Gasteiger partial charge on any atom is 0.250 e. The van der Waals surface area contributed by atoms with Crippen LogP contribution >= 0.6 is 11.3 Å². The molecule has 0 radical (unpaired) electrons. The van der Waals surface area contributed by atoms with Gasteiger partial charge in [-0.25, -0.2) is 13.1 Å². The molecule has 0 aliphatic heterocycles. The van der Waals surface area contributed by atoms with Gasteiger partial charge in [0.2, 0.25) is 10.0 Å². The quantitative estimate of drug-likeness (QED) is 0.675. The maximum atomic E-state index is 12.2. The van der Waals surface area contributed by atoms with Crippen LogP contribution in [0.25, 0.3) is 0 Å². The van der Waals surface area contributed by atoms with Gasteiger partial charge in [0.1, 0.15) is 4.21 Å². The number of nitrogens with one attached hydrogen (secondary N) is 2. The van der Waals surface area contributed by atoms with E-state index in [-0.39, 0.29) is 0 Å². The van der Waals surface area contributed by atoms with Crippen LogP contribution in [0.15, 0.2) is 34.8 Å². The van der Waals surface area contributed by atoms with E-state index in [0.29, 0.717) is 17.3 Å². The number of thiophene rings is 1. The lowest BCUT2D eigenvalue weighted by Crippen LogP contribution is -2.26. The van der Waals surface area contributed by atoms with Crippen molar-refractivity contribution in [3.63, 3.8) is 0 Å². The average Bonchev–Trinajstić information content (AvgIpc) is 3.10. The Balaban J connectivity index is 1.86. The first-order valence-corrected chi connectivity index (χ1v) is 9.18. The molecule has 2 aromatic heterocycles. The van der Waals surface area contributed by atoms with E-state index in [4.69, 9.17) is 0 Å². The van der Waals surface area contributed by atoms with Gasteiger partial charge in [0.05, 0.1) is 6.54 Å². The van der Waals surface area contributed by atoms with Gasteiger partial charge in [-0.15, -0.1) is 11.3 Å². The van der Waals surface area contributed by atoms with Gasteiger partial charge in [0.25, 0.3) is 0 Å². The maximum absolute atomic E-state index is 12.2. The topological polar surface area (TPSA) is 76.0 Å². The van der Waals surface area contributed by atoms with Crippen LogP contribution in [0.4, 0.5) is 0 Å². The van der Waals surface area contributed by atoms with E-state index in [0.717, 1.165) is 24.4 Å². The third-order valence-electron chi connectivity index (χ3n) is 2.89. The highest BCUT2D eigenvalue weighted by Crippen LogP contribution is 2.21. The molecular formula is C13H20N4O2S2. The molecule has 0 saturated carbocycles. The standard InChI is InChI=1S/C13H20N4O2S2/c1-2-14-8-6-12-4-5-13(20-12)21(18,19)16-9-11-17-10-3-7-15-17/h3-5,7,10,14,16H,2,6,8-9,11H2,1H3. The fourth-order valence-electron chi connectivity index (χ4n) is 1.82. The molecule has 0 aromatic carbocycles. The van der Waals surface area contributed by atoms with Gasteiger partial charge < -0.3 is 5.32 Å². The van der Waals surface area contributed by atoms with E-state index >= 15 is 0 Å². The number of hydrogen-bond donors (Lipinski definition) is 2. The highest BCUT2D eigenvalue weighted by Gasteiger charge is 2.16. The number of rotatable bonds is 9. The third-order valence-corrected chi connectivity index (χ3v) is 5.99. The first-order chi connectivity index (χ1) is 10.1. The van der Waals surface area contributed by atoms with Crippen LogP contribution in [-0.4, -0.2) is 37.8 Å². The fourth-order valence-corrected chi connectivity index (χ4v) is 4.24. The van der Waals surface area contributed by atoms with Crippen molar-refractivity contribution in [1.29, 1.82) is 0 Å². The molecule has 21 heavy (non-hydrogen) atoms. The molecule has 0 fully saturated rings. The minimum absolute atomic E-state index is 0.328. The minimum Gasteiger partial charge on any atom is -0.317 e. The molecule has 2 heterocycles. The number of aromatic nitrogens is 2. The Morgan fingerprint density at radius 2 is 2.19 bits per heavy atom. The van der Waals surface area contributed by atoms with Crippen molar-refractivity contribution >= 4 is 21.4 Å². The molecule has 6 nitrogen and oxygen atoms in total. The Morgan fingerprint density at radius 3 is 2.90 bits per heavy atom. The summed E-state index contributed by atoms with van der Waals surface area (Å²) in [5.74, 6) is 0. The minimum atomic E-state index is -3.42. The summed E-state index contributed by atoms with van der Waals surface area (Å²) in [6.45, 7) is 4.68. The van der Waals surface area contributed by atoms with Gasteiger partial charge in [-0.2, -0.15) is 5.10 Å². The van der Waals surface area contributed by atoms with E-state index in [2.05, 4.69) is 15.1 Å². The number of nitrogens with zero attached hydrogens (tertiary/aromatic N) is 2. The Bertz CT molecular complexity index is 635. The predicted molar refractivity (Wildman–Crippen MR) is 84.0 cm³/mol. The average molecular weight is 328 g/mol. The Morgan fingerprint density at radius 1 is 1.33 bits per heavy atom. The first kappa shape index (κ1) is 16.2. The normalized spacial score (nSPS) is 11.9. The highest BCUT2D eigenvalue weighted by molar-refractivity contribution is 7.91. The second-order valence-corrected chi connectivity index (χ2v) is 7.65. The van der Waals surface area contributed by atoms with Crippen molar-refractivity contribution in [1.82, 2.24) is 19.8 Å². The van der Waals surface area contributed by atoms with E-state index in [9.17, 15) is 8.42 Å². The molecule has 0 unspecified atom stereocenters. The van der Waals surface area contributed by atoms with Gasteiger partial charge in [-0.1, -0.05) is 6.92 Å². The molecule has 8 heteroatoms. The van der Waals surface area contributed by atoms with Crippen LogP contribution in [0, 0.1) is 0 Å². The molecule has 0 aliphatic rings. The molecule has 2 rings (SSSR count). The monoisotopic (exact) mass is 328 g/mol. The Kier molecular flexibility index (Phi) is 5.92. The van der Waals surface area contributed by atoms with Crippen molar-refractivity contribution in [3.05, 3.63) is 35.5 Å².